The zero-order valence-corrected chi connectivity index (χ0v) is 12.7. The van der Waals surface area contributed by atoms with Gasteiger partial charge in [-0.15, -0.1) is 0 Å². The Morgan fingerprint density at radius 3 is 2.68 bits per heavy atom. The summed E-state index contributed by atoms with van der Waals surface area (Å²) in [7, 11) is 0. The van der Waals surface area contributed by atoms with Crippen LogP contribution < -0.4 is 5.73 Å². The first-order valence-corrected chi connectivity index (χ1v) is 6.99. The SMILES string of the molecule is Nc1c(-c2ccc(Br)cc2Cl)nc2ccc(Cl)cn12. The van der Waals surface area contributed by atoms with Crippen LogP contribution in [0.1, 0.15) is 0 Å². The first-order valence-electron chi connectivity index (χ1n) is 5.45. The van der Waals surface area contributed by atoms with E-state index in [0.29, 0.717) is 21.6 Å². The van der Waals surface area contributed by atoms with Crippen molar-refractivity contribution in [3.63, 3.8) is 0 Å². The Labute approximate surface area is 128 Å². The summed E-state index contributed by atoms with van der Waals surface area (Å²) in [6.07, 6.45) is 1.73. The smallest absolute Gasteiger partial charge is 0.139 e. The number of nitrogens with zero attached hydrogens (tertiary/aromatic N) is 2. The maximum atomic E-state index is 6.23. The van der Waals surface area contributed by atoms with Crippen molar-refractivity contribution in [3.8, 4) is 11.3 Å². The van der Waals surface area contributed by atoms with Gasteiger partial charge in [-0.05, 0) is 24.3 Å². The Balaban J connectivity index is 2.28. The lowest BCUT2D eigenvalue weighted by Gasteiger charge is -2.03. The lowest BCUT2D eigenvalue weighted by molar-refractivity contribution is 1.20. The molecule has 0 aliphatic carbocycles. The van der Waals surface area contributed by atoms with Crippen LogP contribution in [0.2, 0.25) is 10.0 Å². The molecular weight excluding hydrogens is 349 g/mol. The number of nitrogens with two attached hydrogens (primary N) is 1. The zero-order valence-electron chi connectivity index (χ0n) is 9.57. The van der Waals surface area contributed by atoms with Crippen LogP contribution >= 0.6 is 39.1 Å². The second kappa shape index (κ2) is 4.71. The monoisotopic (exact) mass is 355 g/mol. The average molecular weight is 357 g/mol. The van der Waals surface area contributed by atoms with E-state index < -0.39 is 0 Å². The number of imidazole rings is 1. The quantitative estimate of drug-likeness (QED) is 0.689. The molecule has 6 heteroatoms. The maximum absolute atomic E-state index is 6.23. The minimum Gasteiger partial charge on any atom is -0.383 e. The van der Waals surface area contributed by atoms with E-state index in [1.54, 1.807) is 16.7 Å². The molecule has 0 saturated carbocycles. The summed E-state index contributed by atoms with van der Waals surface area (Å²) >= 11 is 15.6. The minimum absolute atomic E-state index is 0.515. The fraction of sp³-hybridized carbons (Fsp3) is 0. The second-order valence-electron chi connectivity index (χ2n) is 4.05. The lowest BCUT2D eigenvalue weighted by Crippen LogP contribution is -1.94. The molecule has 1 aromatic carbocycles. The van der Waals surface area contributed by atoms with Crippen LogP contribution in [0.5, 0.6) is 0 Å². The highest BCUT2D eigenvalue weighted by molar-refractivity contribution is 9.10. The molecule has 2 heterocycles. The first-order chi connectivity index (χ1) is 9.06. The van der Waals surface area contributed by atoms with E-state index in [-0.39, 0.29) is 0 Å². The number of rotatable bonds is 1. The molecule has 0 aliphatic heterocycles. The number of halogens is 3. The summed E-state index contributed by atoms with van der Waals surface area (Å²) in [5.41, 5.74) is 8.30. The van der Waals surface area contributed by atoms with Gasteiger partial charge in [-0.1, -0.05) is 45.2 Å². The third kappa shape index (κ3) is 2.20. The van der Waals surface area contributed by atoms with Gasteiger partial charge in [0.2, 0.25) is 0 Å². The number of hydrogen-bond acceptors (Lipinski definition) is 2. The van der Waals surface area contributed by atoms with Crippen molar-refractivity contribution in [2.45, 2.75) is 0 Å². The molecule has 2 N–H and O–H groups in total. The summed E-state index contributed by atoms with van der Waals surface area (Å²) in [6, 6.07) is 9.18. The maximum Gasteiger partial charge on any atom is 0.139 e. The Morgan fingerprint density at radius 2 is 1.95 bits per heavy atom. The zero-order chi connectivity index (χ0) is 13.6. The van der Waals surface area contributed by atoms with Crippen molar-refractivity contribution in [1.29, 1.82) is 0 Å². The van der Waals surface area contributed by atoms with Crippen LogP contribution in [-0.2, 0) is 0 Å². The third-order valence-corrected chi connectivity index (χ3v) is 3.84. The molecule has 3 aromatic rings. The highest BCUT2D eigenvalue weighted by atomic mass is 79.9. The van der Waals surface area contributed by atoms with E-state index in [2.05, 4.69) is 20.9 Å². The van der Waals surface area contributed by atoms with Crippen LogP contribution in [0.15, 0.2) is 41.0 Å². The molecule has 3 rings (SSSR count). The van der Waals surface area contributed by atoms with Gasteiger partial charge in [0.05, 0.1) is 10.0 Å². The van der Waals surface area contributed by atoms with Crippen molar-refractivity contribution in [2.24, 2.45) is 0 Å². The number of pyridine rings is 1. The van der Waals surface area contributed by atoms with Gasteiger partial charge in [0.1, 0.15) is 17.2 Å². The molecule has 0 atom stereocenters. The van der Waals surface area contributed by atoms with E-state index in [1.165, 1.54) is 0 Å². The molecule has 0 radical (unpaired) electrons. The van der Waals surface area contributed by atoms with Gasteiger partial charge >= 0.3 is 0 Å². The van der Waals surface area contributed by atoms with Crippen molar-refractivity contribution >= 4 is 50.6 Å². The molecule has 19 heavy (non-hydrogen) atoms. The summed E-state index contributed by atoms with van der Waals surface area (Å²) < 4.78 is 2.65. The molecule has 0 saturated heterocycles. The molecule has 3 nitrogen and oxygen atoms in total. The van der Waals surface area contributed by atoms with Crippen molar-refractivity contribution in [1.82, 2.24) is 9.38 Å². The molecule has 0 amide bonds. The molecule has 0 bridgehead atoms. The molecule has 2 aromatic heterocycles. The highest BCUT2D eigenvalue weighted by Crippen LogP contribution is 2.34. The average Bonchev–Trinajstić information content (AvgIpc) is 2.67. The van der Waals surface area contributed by atoms with Crippen LogP contribution in [0, 0.1) is 0 Å². The van der Waals surface area contributed by atoms with Gasteiger partial charge in [0.25, 0.3) is 0 Å². The summed E-state index contributed by atoms with van der Waals surface area (Å²) in [5, 5.41) is 1.20. The lowest BCUT2D eigenvalue weighted by atomic mass is 10.1. The third-order valence-electron chi connectivity index (χ3n) is 2.81. The number of benzene rings is 1. The van der Waals surface area contributed by atoms with Gasteiger partial charge in [0, 0.05) is 16.2 Å². The topological polar surface area (TPSA) is 43.3 Å². The molecule has 0 unspecified atom stereocenters. The van der Waals surface area contributed by atoms with Crippen LogP contribution in [0.25, 0.3) is 16.9 Å². The van der Waals surface area contributed by atoms with Gasteiger partial charge in [-0.25, -0.2) is 4.98 Å². The molecule has 96 valence electrons. The number of fused-ring (bicyclic) bond motifs is 1. The Bertz CT molecular complexity index is 783. The Hall–Kier alpha value is -1.23. The second-order valence-corrected chi connectivity index (χ2v) is 5.80. The summed E-state index contributed by atoms with van der Waals surface area (Å²) in [6.45, 7) is 0. The normalized spacial score (nSPS) is 11.1. The summed E-state index contributed by atoms with van der Waals surface area (Å²) in [5.74, 6) is 0.515. The summed E-state index contributed by atoms with van der Waals surface area (Å²) in [4.78, 5) is 4.49. The van der Waals surface area contributed by atoms with Gasteiger partial charge in [0.15, 0.2) is 0 Å². The van der Waals surface area contributed by atoms with Gasteiger partial charge in [-0.3, -0.25) is 4.40 Å². The molecule has 0 spiro atoms. The van der Waals surface area contributed by atoms with Crippen molar-refractivity contribution in [3.05, 3.63) is 51.0 Å². The van der Waals surface area contributed by atoms with E-state index in [9.17, 15) is 0 Å². The van der Waals surface area contributed by atoms with Crippen LogP contribution in [-0.4, -0.2) is 9.38 Å². The van der Waals surface area contributed by atoms with Crippen molar-refractivity contribution < 1.29 is 0 Å². The van der Waals surface area contributed by atoms with Crippen LogP contribution in [0.4, 0.5) is 5.82 Å². The fourth-order valence-electron chi connectivity index (χ4n) is 1.92. The first kappa shape index (κ1) is 12.8. The molecular formula is C13H8BrCl2N3. The van der Waals surface area contributed by atoms with E-state index in [1.807, 2.05) is 24.3 Å². The number of nitrogen functional groups attached to an aromatic ring is 1. The van der Waals surface area contributed by atoms with Gasteiger partial charge < -0.3 is 5.73 Å². The standard InChI is InChI=1S/C13H8BrCl2N3/c14-7-1-3-9(10(16)5-7)12-13(17)19-6-8(15)2-4-11(19)18-12/h1-6H,17H2. The van der Waals surface area contributed by atoms with E-state index in [0.717, 1.165) is 15.7 Å². The molecule has 0 aliphatic rings. The number of hydrogen-bond donors (Lipinski definition) is 1. The van der Waals surface area contributed by atoms with Crippen LogP contribution in [0.3, 0.4) is 0 Å². The Kier molecular flexibility index (Phi) is 3.17. The predicted molar refractivity (Wildman–Crippen MR) is 82.8 cm³/mol. The van der Waals surface area contributed by atoms with E-state index in [4.69, 9.17) is 28.9 Å². The minimum atomic E-state index is 0.515. The number of anilines is 1. The largest absolute Gasteiger partial charge is 0.383 e. The molecule has 0 fully saturated rings. The number of aromatic nitrogens is 2. The van der Waals surface area contributed by atoms with Gasteiger partial charge in [-0.2, -0.15) is 0 Å². The fourth-order valence-corrected chi connectivity index (χ4v) is 2.84. The highest BCUT2D eigenvalue weighted by Gasteiger charge is 2.14. The predicted octanol–water partition coefficient (Wildman–Crippen LogP) is 4.65. The van der Waals surface area contributed by atoms with E-state index >= 15 is 0 Å². The van der Waals surface area contributed by atoms with Crippen molar-refractivity contribution in [2.75, 3.05) is 5.73 Å². The Morgan fingerprint density at radius 1 is 1.16 bits per heavy atom.